The standard InChI is InChI=1S/C11H18N4O2/c1-7-9(11(16)17-2)14-15(10(7)12)8-3-5-13-6-4-8/h8,13H,3-6,12H2,1-2H3. The minimum Gasteiger partial charge on any atom is -0.464 e. The third kappa shape index (κ3) is 2.12. The molecule has 0 atom stereocenters. The lowest BCUT2D eigenvalue weighted by Gasteiger charge is -2.23. The zero-order valence-corrected chi connectivity index (χ0v) is 10.2. The number of nitrogens with one attached hydrogen (secondary N) is 1. The summed E-state index contributed by atoms with van der Waals surface area (Å²) >= 11 is 0. The van der Waals surface area contributed by atoms with Gasteiger partial charge in [0.15, 0.2) is 5.69 Å². The molecule has 1 aliphatic heterocycles. The highest BCUT2D eigenvalue weighted by Gasteiger charge is 2.24. The van der Waals surface area contributed by atoms with Crippen LogP contribution in [0.15, 0.2) is 0 Å². The second-order valence-electron chi connectivity index (χ2n) is 4.28. The summed E-state index contributed by atoms with van der Waals surface area (Å²) in [7, 11) is 1.35. The van der Waals surface area contributed by atoms with Crippen LogP contribution >= 0.6 is 0 Å². The van der Waals surface area contributed by atoms with Gasteiger partial charge in [0.1, 0.15) is 5.82 Å². The van der Waals surface area contributed by atoms with Gasteiger partial charge in [-0.25, -0.2) is 9.48 Å². The highest BCUT2D eigenvalue weighted by Crippen LogP contribution is 2.25. The van der Waals surface area contributed by atoms with Gasteiger partial charge in [0.05, 0.1) is 13.2 Å². The van der Waals surface area contributed by atoms with Crippen LogP contribution in [0.1, 0.15) is 34.9 Å². The minimum absolute atomic E-state index is 0.272. The lowest BCUT2D eigenvalue weighted by Crippen LogP contribution is -2.30. The van der Waals surface area contributed by atoms with Gasteiger partial charge in [-0.3, -0.25) is 0 Å². The molecule has 6 heteroatoms. The Kier molecular flexibility index (Phi) is 3.33. The van der Waals surface area contributed by atoms with Gasteiger partial charge in [-0.05, 0) is 32.9 Å². The number of nitrogens with two attached hydrogens (primary N) is 1. The summed E-state index contributed by atoms with van der Waals surface area (Å²) in [5.41, 5.74) is 7.03. The second kappa shape index (κ2) is 4.75. The molecule has 1 aliphatic rings. The van der Waals surface area contributed by atoms with E-state index in [9.17, 15) is 4.79 Å². The number of ether oxygens (including phenoxy) is 1. The Bertz CT molecular complexity index is 421. The van der Waals surface area contributed by atoms with E-state index in [1.54, 1.807) is 11.6 Å². The number of aromatic nitrogens is 2. The van der Waals surface area contributed by atoms with Crippen LogP contribution in [-0.4, -0.2) is 35.9 Å². The molecule has 6 nitrogen and oxygen atoms in total. The lowest BCUT2D eigenvalue weighted by molar-refractivity contribution is 0.0591. The zero-order chi connectivity index (χ0) is 12.4. The van der Waals surface area contributed by atoms with Crippen molar-refractivity contribution in [2.45, 2.75) is 25.8 Å². The molecule has 0 unspecified atom stereocenters. The van der Waals surface area contributed by atoms with Crippen LogP contribution in [0.4, 0.5) is 5.82 Å². The number of esters is 1. The maximum atomic E-state index is 11.5. The van der Waals surface area contributed by atoms with Gasteiger partial charge < -0.3 is 15.8 Å². The molecule has 2 rings (SSSR count). The SMILES string of the molecule is COC(=O)c1nn(C2CCNCC2)c(N)c1C. The number of carbonyl (C=O) groups is 1. The van der Waals surface area contributed by atoms with Crippen LogP contribution in [0.3, 0.4) is 0 Å². The van der Waals surface area contributed by atoms with Crippen molar-refractivity contribution in [3.8, 4) is 0 Å². The number of piperidine rings is 1. The number of hydrogen-bond acceptors (Lipinski definition) is 5. The molecule has 0 aliphatic carbocycles. The summed E-state index contributed by atoms with van der Waals surface area (Å²) in [6, 6.07) is 0.272. The average Bonchev–Trinajstić information content (AvgIpc) is 2.67. The predicted molar refractivity (Wildman–Crippen MR) is 63.9 cm³/mol. The molecule has 1 fully saturated rings. The average molecular weight is 238 g/mol. The topological polar surface area (TPSA) is 82.2 Å². The number of nitrogens with zero attached hydrogens (tertiary/aromatic N) is 2. The first-order valence-corrected chi connectivity index (χ1v) is 5.78. The van der Waals surface area contributed by atoms with Crippen LogP contribution in [0, 0.1) is 6.92 Å². The van der Waals surface area contributed by atoms with Crippen molar-refractivity contribution in [1.29, 1.82) is 0 Å². The molecule has 94 valence electrons. The molecule has 0 spiro atoms. The Morgan fingerprint density at radius 1 is 1.53 bits per heavy atom. The van der Waals surface area contributed by atoms with Crippen molar-refractivity contribution >= 4 is 11.8 Å². The van der Waals surface area contributed by atoms with Crippen LogP contribution in [0.2, 0.25) is 0 Å². The van der Waals surface area contributed by atoms with Crippen LogP contribution in [0.5, 0.6) is 0 Å². The van der Waals surface area contributed by atoms with E-state index >= 15 is 0 Å². The molecule has 0 bridgehead atoms. The molecule has 0 saturated carbocycles. The van der Waals surface area contributed by atoms with Gasteiger partial charge >= 0.3 is 5.97 Å². The summed E-state index contributed by atoms with van der Waals surface area (Å²) in [6.45, 7) is 3.71. The molecule has 17 heavy (non-hydrogen) atoms. The van der Waals surface area contributed by atoms with E-state index in [0.29, 0.717) is 17.1 Å². The van der Waals surface area contributed by atoms with Crippen molar-refractivity contribution in [2.75, 3.05) is 25.9 Å². The summed E-state index contributed by atoms with van der Waals surface area (Å²) in [4.78, 5) is 11.5. The first-order valence-electron chi connectivity index (χ1n) is 5.78. The first-order chi connectivity index (χ1) is 8.15. The van der Waals surface area contributed by atoms with E-state index in [2.05, 4.69) is 10.4 Å². The quantitative estimate of drug-likeness (QED) is 0.732. The van der Waals surface area contributed by atoms with Gasteiger partial charge in [-0.15, -0.1) is 0 Å². The summed E-state index contributed by atoms with van der Waals surface area (Å²) in [5.74, 6) is 0.138. The maximum Gasteiger partial charge on any atom is 0.358 e. The van der Waals surface area contributed by atoms with E-state index in [1.807, 2.05) is 0 Å². The third-order valence-corrected chi connectivity index (χ3v) is 3.23. The predicted octanol–water partition coefficient (Wildman–Crippen LogP) is 0.485. The number of rotatable bonds is 2. The number of anilines is 1. The van der Waals surface area contributed by atoms with Gasteiger partial charge in [-0.2, -0.15) is 5.10 Å². The molecule has 1 aromatic rings. The smallest absolute Gasteiger partial charge is 0.358 e. The van der Waals surface area contributed by atoms with Gasteiger partial charge in [0.25, 0.3) is 0 Å². The minimum atomic E-state index is -0.429. The highest BCUT2D eigenvalue weighted by molar-refractivity contribution is 5.90. The summed E-state index contributed by atoms with van der Waals surface area (Å²) < 4.78 is 6.46. The number of carbonyl (C=O) groups excluding carboxylic acids is 1. The fraction of sp³-hybridized carbons (Fsp3) is 0.636. The molecular formula is C11H18N4O2. The van der Waals surface area contributed by atoms with Crippen molar-refractivity contribution < 1.29 is 9.53 Å². The fourth-order valence-electron chi connectivity index (χ4n) is 2.15. The van der Waals surface area contributed by atoms with Crippen LogP contribution in [-0.2, 0) is 4.74 Å². The van der Waals surface area contributed by atoms with Crippen molar-refractivity contribution in [2.24, 2.45) is 0 Å². The Labute approximate surface area is 100 Å². The van der Waals surface area contributed by atoms with E-state index in [-0.39, 0.29) is 6.04 Å². The van der Waals surface area contributed by atoms with Crippen molar-refractivity contribution in [3.05, 3.63) is 11.3 Å². The third-order valence-electron chi connectivity index (χ3n) is 3.23. The first kappa shape index (κ1) is 11.9. The number of nitrogen functional groups attached to an aromatic ring is 1. The maximum absolute atomic E-state index is 11.5. The Morgan fingerprint density at radius 3 is 2.76 bits per heavy atom. The van der Waals surface area contributed by atoms with Crippen LogP contribution in [0.25, 0.3) is 0 Å². The monoisotopic (exact) mass is 238 g/mol. The van der Waals surface area contributed by atoms with E-state index in [4.69, 9.17) is 10.5 Å². The molecule has 2 heterocycles. The molecule has 0 aromatic carbocycles. The molecule has 0 amide bonds. The lowest BCUT2D eigenvalue weighted by atomic mass is 10.1. The highest BCUT2D eigenvalue weighted by atomic mass is 16.5. The largest absolute Gasteiger partial charge is 0.464 e. The Morgan fingerprint density at radius 2 is 2.18 bits per heavy atom. The normalized spacial score (nSPS) is 17.1. The van der Waals surface area contributed by atoms with Crippen molar-refractivity contribution in [1.82, 2.24) is 15.1 Å². The molecule has 1 saturated heterocycles. The van der Waals surface area contributed by atoms with Crippen LogP contribution < -0.4 is 11.1 Å². The molecular weight excluding hydrogens is 220 g/mol. The fourth-order valence-corrected chi connectivity index (χ4v) is 2.15. The Balaban J connectivity index is 2.31. The van der Waals surface area contributed by atoms with E-state index < -0.39 is 5.97 Å². The molecule has 0 radical (unpaired) electrons. The van der Waals surface area contributed by atoms with Gasteiger partial charge in [0, 0.05) is 5.56 Å². The second-order valence-corrected chi connectivity index (χ2v) is 4.28. The van der Waals surface area contributed by atoms with Crippen molar-refractivity contribution in [3.63, 3.8) is 0 Å². The Hall–Kier alpha value is -1.56. The molecule has 1 aromatic heterocycles. The van der Waals surface area contributed by atoms with Gasteiger partial charge in [-0.1, -0.05) is 0 Å². The van der Waals surface area contributed by atoms with Gasteiger partial charge in [0.2, 0.25) is 0 Å². The van der Waals surface area contributed by atoms with E-state index in [1.165, 1.54) is 7.11 Å². The zero-order valence-electron chi connectivity index (χ0n) is 10.2. The van der Waals surface area contributed by atoms with E-state index in [0.717, 1.165) is 25.9 Å². The number of methoxy groups -OCH3 is 1. The molecule has 3 N–H and O–H groups in total. The number of hydrogen-bond donors (Lipinski definition) is 2. The summed E-state index contributed by atoms with van der Waals surface area (Å²) in [6.07, 6.45) is 1.96. The summed E-state index contributed by atoms with van der Waals surface area (Å²) in [5, 5.41) is 7.58.